The molecule has 1 aromatic carbocycles. The summed E-state index contributed by atoms with van der Waals surface area (Å²) < 4.78 is 26.4. The Balaban J connectivity index is 2.34. The third kappa shape index (κ3) is 3.01. The average molecular weight is 283 g/mol. The van der Waals surface area contributed by atoms with Gasteiger partial charge in [-0.15, -0.1) is 0 Å². The molecule has 0 aliphatic heterocycles. The maximum Gasteiger partial charge on any atom is 0.242 e. The highest BCUT2D eigenvalue weighted by Crippen LogP contribution is 2.39. The highest BCUT2D eigenvalue weighted by atomic mass is 32.2. The molecule has 6 heteroatoms. The van der Waals surface area contributed by atoms with Gasteiger partial charge in [-0.2, -0.15) is 0 Å². The van der Waals surface area contributed by atoms with Gasteiger partial charge in [0.15, 0.2) is 0 Å². The molecule has 2 unspecified atom stereocenters. The Bertz CT molecular complexity index is 571. The van der Waals surface area contributed by atoms with Crippen molar-refractivity contribution >= 4 is 21.4 Å². The van der Waals surface area contributed by atoms with Crippen LogP contribution in [0, 0.1) is 11.8 Å². The van der Waals surface area contributed by atoms with Crippen molar-refractivity contribution in [1.29, 1.82) is 0 Å². The lowest BCUT2D eigenvalue weighted by Crippen LogP contribution is -2.26. The number of nitrogens with two attached hydrogens (primary N) is 1. The van der Waals surface area contributed by atoms with E-state index in [0.717, 1.165) is 12.5 Å². The zero-order valence-electron chi connectivity index (χ0n) is 11.6. The van der Waals surface area contributed by atoms with Crippen LogP contribution in [-0.2, 0) is 10.0 Å². The van der Waals surface area contributed by atoms with E-state index >= 15 is 0 Å². The first-order valence-corrected chi connectivity index (χ1v) is 7.87. The number of nitrogens with zero attached hydrogens (tertiary/aromatic N) is 1. The van der Waals surface area contributed by atoms with E-state index in [1.54, 1.807) is 12.1 Å². The Hall–Kier alpha value is -1.27. The summed E-state index contributed by atoms with van der Waals surface area (Å²) in [5.41, 5.74) is 6.85. The normalized spacial score (nSPS) is 22.3. The van der Waals surface area contributed by atoms with E-state index < -0.39 is 10.0 Å². The maximum absolute atomic E-state index is 12.1. The van der Waals surface area contributed by atoms with Crippen molar-refractivity contribution < 1.29 is 8.42 Å². The molecule has 3 N–H and O–H groups in total. The van der Waals surface area contributed by atoms with Crippen LogP contribution in [0.1, 0.15) is 13.3 Å². The molecule has 0 bridgehead atoms. The monoisotopic (exact) mass is 283 g/mol. The summed E-state index contributed by atoms with van der Waals surface area (Å²) in [6, 6.07) is 5.01. The SMILES string of the molecule is CNS(=O)(=O)c1cc(N)ccc1N(C)CC1CC1C. The molecular formula is C13H21N3O2S. The zero-order valence-corrected chi connectivity index (χ0v) is 12.4. The molecule has 106 valence electrons. The first-order chi connectivity index (χ1) is 8.85. The maximum atomic E-state index is 12.1. The molecule has 0 radical (unpaired) electrons. The number of benzene rings is 1. The van der Waals surface area contributed by atoms with Crippen molar-refractivity contribution in [1.82, 2.24) is 4.72 Å². The fourth-order valence-electron chi connectivity index (χ4n) is 2.27. The quantitative estimate of drug-likeness (QED) is 0.798. The van der Waals surface area contributed by atoms with Gasteiger partial charge in [-0.25, -0.2) is 13.1 Å². The van der Waals surface area contributed by atoms with Gasteiger partial charge in [-0.05, 0) is 43.5 Å². The minimum absolute atomic E-state index is 0.241. The van der Waals surface area contributed by atoms with Crippen LogP contribution in [0.25, 0.3) is 0 Å². The van der Waals surface area contributed by atoms with E-state index in [2.05, 4.69) is 11.6 Å². The van der Waals surface area contributed by atoms with Gasteiger partial charge >= 0.3 is 0 Å². The molecule has 2 rings (SSSR count). The van der Waals surface area contributed by atoms with E-state index in [9.17, 15) is 8.42 Å². The molecule has 19 heavy (non-hydrogen) atoms. The van der Waals surface area contributed by atoms with Crippen molar-refractivity contribution in [3.05, 3.63) is 18.2 Å². The number of sulfonamides is 1. The Kier molecular flexibility index (Phi) is 3.73. The van der Waals surface area contributed by atoms with Crippen LogP contribution in [-0.4, -0.2) is 29.1 Å². The minimum Gasteiger partial charge on any atom is -0.399 e. The molecule has 0 saturated heterocycles. The first-order valence-electron chi connectivity index (χ1n) is 6.39. The summed E-state index contributed by atoms with van der Waals surface area (Å²) >= 11 is 0. The fraction of sp³-hybridized carbons (Fsp3) is 0.538. The number of anilines is 2. The molecule has 1 aromatic rings. The van der Waals surface area contributed by atoms with Crippen molar-refractivity contribution in [2.24, 2.45) is 11.8 Å². The predicted octanol–water partition coefficient (Wildman–Crippen LogP) is 1.27. The second-order valence-corrected chi connectivity index (χ2v) is 7.14. The van der Waals surface area contributed by atoms with Crippen LogP contribution in [0.15, 0.2) is 23.1 Å². The second-order valence-electron chi connectivity index (χ2n) is 5.29. The van der Waals surface area contributed by atoms with Crippen LogP contribution in [0.5, 0.6) is 0 Å². The Morgan fingerprint density at radius 1 is 1.47 bits per heavy atom. The van der Waals surface area contributed by atoms with E-state index in [-0.39, 0.29) is 4.90 Å². The van der Waals surface area contributed by atoms with Crippen molar-refractivity contribution in [2.45, 2.75) is 18.2 Å². The smallest absolute Gasteiger partial charge is 0.242 e. The molecule has 1 fully saturated rings. The Labute approximate surface area is 114 Å². The summed E-state index contributed by atoms with van der Waals surface area (Å²) in [4.78, 5) is 2.24. The van der Waals surface area contributed by atoms with E-state index in [0.29, 0.717) is 17.3 Å². The van der Waals surface area contributed by atoms with Crippen LogP contribution >= 0.6 is 0 Å². The topological polar surface area (TPSA) is 75.4 Å². The summed E-state index contributed by atoms with van der Waals surface area (Å²) in [5.74, 6) is 1.40. The lowest BCUT2D eigenvalue weighted by molar-refractivity contribution is 0.587. The van der Waals surface area contributed by atoms with Gasteiger partial charge in [-0.3, -0.25) is 0 Å². The minimum atomic E-state index is -3.50. The largest absolute Gasteiger partial charge is 0.399 e. The molecule has 0 amide bonds. The second kappa shape index (κ2) is 5.02. The molecule has 0 heterocycles. The van der Waals surface area contributed by atoms with E-state index in [1.165, 1.54) is 19.5 Å². The molecule has 1 aliphatic rings. The van der Waals surface area contributed by atoms with Gasteiger partial charge in [-0.1, -0.05) is 6.92 Å². The van der Waals surface area contributed by atoms with Crippen molar-refractivity contribution in [3.8, 4) is 0 Å². The zero-order chi connectivity index (χ0) is 14.2. The molecule has 2 atom stereocenters. The average Bonchev–Trinajstić information content (AvgIpc) is 3.04. The van der Waals surface area contributed by atoms with Crippen LogP contribution in [0.3, 0.4) is 0 Å². The number of rotatable bonds is 5. The van der Waals surface area contributed by atoms with Crippen molar-refractivity contribution in [2.75, 3.05) is 31.3 Å². The number of hydrogen-bond donors (Lipinski definition) is 2. The molecule has 0 aromatic heterocycles. The molecule has 0 spiro atoms. The summed E-state index contributed by atoms with van der Waals surface area (Å²) in [7, 11) is -0.167. The summed E-state index contributed by atoms with van der Waals surface area (Å²) in [5, 5.41) is 0. The van der Waals surface area contributed by atoms with Crippen molar-refractivity contribution in [3.63, 3.8) is 0 Å². The molecule has 5 nitrogen and oxygen atoms in total. The van der Waals surface area contributed by atoms with Gasteiger partial charge in [0.05, 0.1) is 5.69 Å². The van der Waals surface area contributed by atoms with Gasteiger partial charge < -0.3 is 10.6 Å². The van der Waals surface area contributed by atoms with Gasteiger partial charge in [0.1, 0.15) is 4.90 Å². The number of hydrogen-bond acceptors (Lipinski definition) is 4. The van der Waals surface area contributed by atoms with Gasteiger partial charge in [0.2, 0.25) is 10.0 Å². The van der Waals surface area contributed by atoms with Gasteiger partial charge in [0.25, 0.3) is 0 Å². The lowest BCUT2D eigenvalue weighted by Gasteiger charge is -2.22. The molecule has 1 saturated carbocycles. The van der Waals surface area contributed by atoms with E-state index in [1.807, 2.05) is 11.9 Å². The Morgan fingerprint density at radius 3 is 2.63 bits per heavy atom. The summed E-state index contributed by atoms with van der Waals surface area (Å²) in [6.45, 7) is 3.09. The summed E-state index contributed by atoms with van der Waals surface area (Å²) in [6.07, 6.45) is 1.22. The van der Waals surface area contributed by atoms with E-state index in [4.69, 9.17) is 5.73 Å². The molecular weight excluding hydrogens is 262 g/mol. The molecule has 1 aliphatic carbocycles. The van der Waals surface area contributed by atoms with Crippen LogP contribution < -0.4 is 15.4 Å². The Morgan fingerprint density at radius 2 is 2.11 bits per heavy atom. The van der Waals surface area contributed by atoms with Crippen LogP contribution in [0.4, 0.5) is 11.4 Å². The van der Waals surface area contributed by atoms with Gasteiger partial charge in [0, 0.05) is 19.3 Å². The predicted molar refractivity (Wildman–Crippen MR) is 77.6 cm³/mol. The third-order valence-corrected chi connectivity index (χ3v) is 5.18. The lowest BCUT2D eigenvalue weighted by atomic mass is 10.2. The fourth-order valence-corrected chi connectivity index (χ4v) is 3.29. The standard InChI is InChI=1S/C13H21N3O2S/c1-9-6-10(9)8-16(3)12-5-4-11(14)7-13(12)19(17,18)15-2/h4-5,7,9-10,15H,6,8,14H2,1-3H3. The van der Waals surface area contributed by atoms with Crippen LogP contribution in [0.2, 0.25) is 0 Å². The highest BCUT2D eigenvalue weighted by Gasteiger charge is 2.34. The highest BCUT2D eigenvalue weighted by molar-refractivity contribution is 7.89. The number of nitrogen functional groups attached to an aromatic ring is 1. The number of nitrogens with one attached hydrogen (secondary N) is 1. The first kappa shape index (κ1) is 14.1. The third-order valence-electron chi connectivity index (χ3n) is 3.74.